The Hall–Kier alpha value is -3.24. The Balaban J connectivity index is 1.69. The fourth-order valence-electron chi connectivity index (χ4n) is 2.88. The van der Waals surface area contributed by atoms with Gasteiger partial charge in [0.15, 0.2) is 4.34 Å². The lowest BCUT2D eigenvalue weighted by molar-refractivity contribution is -0.387. The molecule has 33 heavy (non-hydrogen) atoms. The van der Waals surface area contributed by atoms with Crippen LogP contribution in [0.5, 0.6) is 0 Å². The third-order valence-corrected chi connectivity index (χ3v) is 6.97. The summed E-state index contributed by atoms with van der Waals surface area (Å²) < 4.78 is 0.699. The predicted octanol–water partition coefficient (Wildman–Crippen LogP) is 4.97. The van der Waals surface area contributed by atoms with E-state index in [1.54, 1.807) is 36.4 Å². The van der Waals surface area contributed by atoms with Crippen molar-refractivity contribution in [3.05, 3.63) is 80.3 Å². The molecule has 1 atom stereocenters. The maximum absolute atomic E-state index is 12.6. The van der Waals surface area contributed by atoms with Gasteiger partial charge >= 0.3 is 0 Å². The van der Waals surface area contributed by atoms with Crippen molar-refractivity contribution < 1.29 is 14.5 Å². The molecule has 0 bridgehead atoms. The molecule has 3 rings (SSSR count). The van der Waals surface area contributed by atoms with Crippen molar-refractivity contribution in [1.29, 1.82) is 0 Å². The molecule has 2 aromatic carbocycles. The second kappa shape index (κ2) is 11.1. The van der Waals surface area contributed by atoms with Gasteiger partial charge in [0.1, 0.15) is 0 Å². The number of hydrogen-bond donors (Lipinski definition) is 2. The van der Waals surface area contributed by atoms with E-state index in [4.69, 9.17) is 0 Å². The Morgan fingerprint density at radius 3 is 2.61 bits per heavy atom. The highest BCUT2D eigenvalue weighted by atomic mass is 32.2. The Morgan fingerprint density at radius 2 is 1.94 bits per heavy atom. The fraction of sp³-hybridized carbons (Fsp3) is 0.261. The molecule has 0 saturated carbocycles. The van der Waals surface area contributed by atoms with Crippen molar-refractivity contribution in [2.24, 2.45) is 0 Å². The molecule has 3 aromatic rings. The maximum Gasteiger partial charge on any atom is 0.284 e. The molecule has 0 spiro atoms. The summed E-state index contributed by atoms with van der Waals surface area (Å²) in [5, 5.41) is 19.1. The first-order chi connectivity index (χ1) is 15.8. The van der Waals surface area contributed by atoms with Gasteiger partial charge in [-0.15, -0.1) is 11.3 Å². The Kier molecular flexibility index (Phi) is 8.18. The molecule has 2 N–H and O–H groups in total. The highest BCUT2D eigenvalue weighted by Crippen LogP contribution is 2.36. The van der Waals surface area contributed by atoms with Crippen molar-refractivity contribution in [2.45, 2.75) is 49.0 Å². The number of rotatable bonds is 9. The number of hydrogen-bond acceptors (Lipinski definition) is 7. The van der Waals surface area contributed by atoms with Crippen molar-refractivity contribution in [2.75, 3.05) is 0 Å². The highest BCUT2D eigenvalue weighted by molar-refractivity contribution is 8.01. The van der Waals surface area contributed by atoms with Gasteiger partial charge in [-0.1, -0.05) is 30.8 Å². The van der Waals surface area contributed by atoms with Gasteiger partial charge in [0.05, 0.1) is 9.82 Å². The van der Waals surface area contributed by atoms with Crippen LogP contribution in [0.3, 0.4) is 0 Å². The lowest BCUT2D eigenvalue weighted by Gasteiger charge is -2.12. The van der Waals surface area contributed by atoms with Crippen LogP contribution in [-0.4, -0.2) is 27.8 Å². The number of carbonyl (C=O) groups is 2. The number of nitro benzene ring substituents is 1. The van der Waals surface area contributed by atoms with Crippen LogP contribution in [0.15, 0.2) is 57.1 Å². The van der Waals surface area contributed by atoms with Gasteiger partial charge in [0.2, 0.25) is 0 Å². The molecule has 1 heterocycles. The molecule has 0 fully saturated rings. The van der Waals surface area contributed by atoms with Crippen molar-refractivity contribution in [3.8, 4) is 0 Å². The molecule has 0 aliphatic heterocycles. The van der Waals surface area contributed by atoms with Gasteiger partial charge in [-0.05, 0) is 50.1 Å². The molecular formula is C23H24N4O4S2. The first-order valence-electron chi connectivity index (χ1n) is 10.3. The van der Waals surface area contributed by atoms with E-state index in [2.05, 4.69) is 15.6 Å². The smallest absolute Gasteiger partial charge is 0.284 e. The number of carbonyl (C=O) groups excluding carboxylic acids is 2. The number of thiazole rings is 1. The number of nitro groups is 1. The van der Waals surface area contributed by atoms with E-state index in [9.17, 15) is 19.7 Å². The van der Waals surface area contributed by atoms with Crippen LogP contribution >= 0.6 is 23.1 Å². The second-order valence-corrected chi connectivity index (χ2v) is 9.61. The van der Waals surface area contributed by atoms with E-state index in [1.165, 1.54) is 29.2 Å². The SMILES string of the molecule is CCC(C)NC(=O)c1cccc(CNC(=O)c2ccc(Sc3nc(C)cs3)c([N+](=O)[O-])c2)c1. The summed E-state index contributed by atoms with van der Waals surface area (Å²) in [5.74, 6) is -0.606. The maximum atomic E-state index is 12.6. The minimum Gasteiger partial charge on any atom is -0.350 e. The Morgan fingerprint density at radius 1 is 1.18 bits per heavy atom. The molecule has 1 unspecified atom stereocenters. The molecule has 8 nitrogen and oxygen atoms in total. The van der Waals surface area contributed by atoms with E-state index >= 15 is 0 Å². The van der Waals surface area contributed by atoms with E-state index in [-0.39, 0.29) is 29.7 Å². The minimum absolute atomic E-state index is 0.0670. The zero-order valence-corrected chi connectivity index (χ0v) is 20.1. The monoisotopic (exact) mass is 484 g/mol. The van der Waals surface area contributed by atoms with Gasteiger partial charge in [-0.25, -0.2) is 4.98 Å². The zero-order valence-electron chi connectivity index (χ0n) is 18.5. The number of nitrogens with zero attached hydrogens (tertiary/aromatic N) is 2. The molecule has 0 aliphatic carbocycles. The quantitative estimate of drug-likeness (QED) is 0.327. The summed E-state index contributed by atoms with van der Waals surface area (Å²) in [5.41, 5.74) is 2.15. The lowest BCUT2D eigenvalue weighted by atomic mass is 10.1. The number of aromatic nitrogens is 1. The molecule has 0 radical (unpaired) electrons. The third-order valence-electron chi connectivity index (χ3n) is 4.85. The minimum atomic E-state index is -0.501. The third kappa shape index (κ3) is 6.62. The molecular weight excluding hydrogens is 460 g/mol. The molecule has 10 heteroatoms. The lowest BCUT2D eigenvalue weighted by Crippen LogP contribution is -2.32. The molecule has 0 aliphatic rings. The Labute approximate surface area is 200 Å². The van der Waals surface area contributed by atoms with Crippen LogP contribution in [0.1, 0.15) is 52.2 Å². The summed E-state index contributed by atoms with van der Waals surface area (Å²) in [6, 6.07) is 11.5. The summed E-state index contributed by atoms with van der Waals surface area (Å²) in [4.78, 5) is 40.8. The van der Waals surface area contributed by atoms with Gasteiger partial charge in [-0.3, -0.25) is 19.7 Å². The van der Waals surface area contributed by atoms with Crippen LogP contribution in [0.2, 0.25) is 0 Å². The average Bonchev–Trinajstić information content (AvgIpc) is 3.22. The van der Waals surface area contributed by atoms with Crippen LogP contribution in [-0.2, 0) is 6.54 Å². The van der Waals surface area contributed by atoms with Crippen molar-refractivity contribution >= 4 is 40.6 Å². The van der Waals surface area contributed by atoms with Crippen LogP contribution in [0.4, 0.5) is 5.69 Å². The second-order valence-electron chi connectivity index (χ2n) is 7.46. The average molecular weight is 485 g/mol. The van der Waals surface area contributed by atoms with Gasteiger partial charge < -0.3 is 10.6 Å². The van der Waals surface area contributed by atoms with E-state index in [0.717, 1.165) is 17.7 Å². The fourth-order valence-corrected chi connectivity index (χ4v) is 4.76. The van der Waals surface area contributed by atoms with E-state index < -0.39 is 10.8 Å². The Bertz CT molecular complexity index is 1180. The first-order valence-corrected chi connectivity index (χ1v) is 12.0. The zero-order chi connectivity index (χ0) is 24.0. The highest BCUT2D eigenvalue weighted by Gasteiger charge is 2.19. The van der Waals surface area contributed by atoms with Gasteiger partial charge in [0.25, 0.3) is 17.5 Å². The number of nitrogens with one attached hydrogen (secondary N) is 2. The largest absolute Gasteiger partial charge is 0.350 e. The summed E-state index contributed by atoms with van der Waals surface area (Å²) >= 11 is 2.61. The normalized spacial score (nSPS) is 11.6. The topological polar surface area (TPSA) is 114 Å². The van der Waals surface area contributed by atoms with Gasteiger partial charge in [0, 0.05) is 40.9 Å². The number of benzene rings is 2. The summed E-state index contributed by atoms with van der Waals surface area (Å²) in [7, 11) is 0. The summed E-state index contributed by atoms with van der Waals surface area (Å²) in [6.45, 7) is 5.97. The number of aryl methyl sites for hydroxylation is 1. The molecule has 1 aromatic heterocycles. The van der Waals surface area contributed by atoms with E-state index in [1.807, 2.05) is 26.2 Å². The van der Waals surface area contributed by atoms with Crippen LogP contribution in [0.25, 0.3) is 0 Å². The molecule has 2 amide bonds. The van der Waals surface area contributed by atoms with Crippen LogP contribution < -0.4 is 10.6 Å². The van der Waals surface area contributed by atoms with Crippen molar-refractivity contribution in [1.82, 2.24) is 15.6 Å². The molecule has 0 saturated heterocycles. The van der Waals surface area contributed by atoms with E-state index in [0.29, 0.717) is 14.8 Å². The molecule has 172 valence electrons. The standard InChI is InChI=1S/C23H24N4O4S2/c1-4-14(2)25-22(29)17-7-5-6-16(10-17)12-24-21(28)18-8-9-20(19(11-18)27(30)31)33-23-26-15(3)13-32-23/h5-11,13-14H,4,12H2,1-3H3,(H,24,28)(H,25,29). The van der Waals surface area contributed by atoms with Gasteiger partial charge in [-0.2, -0.15) is 0 Å². The van der Waals surface area contributed by atoms with Crippen LogP contribution in [0, 0.1) is 17.0 Å². The first kappa shape index (κ1) is 24.4. The summed E-state index contributed by atoms with van der Waals surface area (Å²) in [6.07, 6.45) is 0.828. The predicted molar refractivity (Wildman–Crippen MR) is 129 cm³/mol. The number of amides is 2. The van der Waals surface area contributed by atoms with Crippen molar-refractivity contribution in [3.63, 3.8) is 0 Å².